The van der Waals surface area contributed by atoms with Crippen molar-refractivity contribution in [3.63, 3.8) is 0 Å². The average molecular weight is 374 g/mol. The van der Waals surface area contributed by atoms with E-state index in [1.807, 2.05) is 30.0 Å². The molecule has 28 heavy (non-hydrogen) atoms. The minimum Gasteiger partial charge on any atom is -0.371 e. The summed E-state index contributed by atoms with van der Waals surface area (Å²) in [6.45, 7) is 3.55. The number of rotatable bonds is 2. The Hall–Kier alpha value is -3.77. The molecule has 1 aliphatic heterocycles. The molecule has 0 saturated heterocycles. The van der Waals surface area contributed by atoms with Crippen molar-refractivity contribution >= 4 is 23.3 Å². The van der Waals surface area contributed by atoms with Crippen molar-refractivity contribution in [1.82, 2.24) is 24.9 Å². The first-order chi connectivity index (χ1) is 13.4. The molecule has 3 heterocycles. The molecule has 140 valence electrons. The van der Waals surface area contributed by atoms with Gasteiger partial charge >= 0.3 is 0 Å². The molecule has 4 N–H and O–H groups in total. The molecule has 9 nitrogen and oxygen atoms in total. The molecule has 2 atom stereocenters. The fraction of sp³-hybridized carbons (Fsp3) is 0.211. The van der Waals surface area contributed by atoms with E-state index in [4.69, 9.17) is 5.73 Å². The van der Waals surface area contributed by atoms with E-state index >= 15 is 0 Å². The normalized spacial score (nSPS) is 17.1. The lowest BCUT2D eigenvalue weighted by atomic mass is 10.1. The van der Waals surface area contributed by atoms with Crippen molar-refractivity contribution < 1.29 is 5.11 Å². The van der Waals surface area contributed by atoms with Gasteiger partial charge in [0.1, 0.15) is 12.5 Å². The fourth-order valence-electron chi connectivity index (χ4n) is 2.93. The zero-order valence-corrected chi connectivity index (χ0v) is 15.3. The smallest absolute Gasteiger partial charge is 0.236 e. The molecule has 0 spiro atoms. The number of nitrogens with zero attached hydrogens (tertiary/aromatic N) is 6. The van der Waals surface area contributed by atoms with E-state index in [2.05, 4.69) is 42.1 Å². The van der Waals surface area contributed by atoms with Crippen molar-refractivity contribution in [1.29, 1.82) is 0 Å². The van der Waals surface area contributed by atoms with Crippen molar-refractivity contribution in [3.8, 4) is 11.8 Å². The van der Waals surface area contributed by atoms with E-state index < -0.39 is 5.60 Å². The molecule has 4 rings (SSSR count). The Morgan fingerprint density at radius 2 is 2.00 bits per heavy atom. The van der Waals surface area contributed by atoms with Gasteiger partial charge in [-0.3, -0.25) is 4.90 Å². The number of nitrogen functional groups attached to an aromatic ring is 1. The Balaban J connectivity index is 1.69. The third kappa shape index (κ3) is 3.28. The maximum Gasteiger partial charge on any atom is 0.236 e. The van der Waals surface area contributed by atoms with E-state index in [0.29, 0.717) is 5.95 Å². The van der Waals surface area contributed by atoms with Crippen LogP contribution in [0, 0.1) is 11.8 Å². The zero-order valence-electron chi connectivity index (χ0n) is 15.3. The number of anilines is 4. The molecule has 2 unspecified atom stereocenters. The van der Waals surface area contributed by atoms with Crippen LogP contribution in [-0.4, -0.2) is 36.2 Å². The highest BCUT2D eigenvalue weighted by atomic mass is 16.3. The minimum absolute atomic E-state index is 0.0687. The second-order valence-corrected chi connectivity index (χ2v) is 6.46. The number of fused-ring (bicyclic) bond motifs is 1. The van der Waals surface area contributed by atoms with Gasteiger partial charge in [-0.2, -0.15) is 4.98 Å². The first-order valence-electron chi connectivity index (χ1n) is 8.61. The molecule has 1 aliphatic rings. The number of nitrogens with one attached hydrogen (secondary N) is 1. The van der Waals surface area contributed by atoms with Gasteiger partial charge in [-0.15, -0.1) is 0 Å². The van der Waals surface area contributed by atoms with Crippen LogP contribution >= 0.6 is 0 Å². The highest BCUT2D eigenvalue weighted by Gasteiger charge is 2.29. The van der Waals surface area contributed by atoms with Crippen LogP contribution < -0.4 is 16.0 Å². The minimum atomic E-state index is -1.46. The summed E-state index contributed by atoms with van der Waals surface area (Å²) >= 11 is 0. The van der Waals surface area contributed by atoms with Gasteiger partial charge in [0.25, 0.3) is 0 Å². The molecule has 1 aromatic carbocycles. The second-order valence-electron chi connectivity index (χ2n) is 6.46. The van der Waals surface area contributed by atoms with Gasteiger partial charge in [-0.25, -0.2) is 19.9 Å². The standard InChI is InChI=1S/C19H18N8O/c1-12-25-14-5-4-13(6-7-19(2,28)16-21-8-3-9-22-16)10-15(14)27(12)18-24-11-23-17(20)26-18/h3-5,8-12,25,28H,1-2H3,(H2,20,23,24,26). The molecule has 9 heteroatoms. The Bertz CT molecular complexity index is 1070. The van der Waals surface area contributed by atoms with Crippen molar-refractivity contribution in [2.24, 2.45) is 0 Å². The quantitative estimate of drug-likeness (QED) is 0.571. The van der Waals surface area contributed by atoms with Gasteiger partial charge < -0.3 is 16.2 Å². The molecule has 0 fully saturated rings. The summed E-state index contributed by atoms with van der Waals surface area (Å²) in [6, 6.07) is 7.39. The van der Waals surface area contributed by atoms with E-state index in [9.17, 15) is 5.11 Å². The number of benzene rings is 1. The number of aliphatic hydroxyl groups is 1. The van der Waals surface area contributed by atoms with Crippen LogP contribution in [0.1, 0.15) is 25.2 Å². The third-order valence-corrected chi connectivity index (χ3v) is 4.25. The van der Waals surface area contributed by atoms with Crippen molar-refractivity contribution in [2.75, 3.05) is 16.0 Å². The SMILES string of the molecule is CC1Nc2ccc(C#CC(C)(O)c3ncccn3)cc2N1c1ncnc(N)n1. The number of aromatic nitrogens is 5. The van der Waals surface area contributed by atoms with Gasteiger partial charge in [0, 0.05) is 18.0 Å². The molecule has 0 amide bonds. The lowest BCUT2D eigenvalue weighted by Crippen LogP contribution is -2.30. The summed E-state index contributed by atoms with van der Waals surface area (Å²) in [5.74, 6) is 6.69. The van der Waals surface area contributed by atoms with Crippen LogP contribution in [0.4, 0.5) is 23.3 Å². The summed E-state index contributed by atoms with van der Waals surface area (Å²) < 4.78 is 0. The topological polar surface area (TPSA) is 126 Å². The van der Waals surface area contributed by atoms with E-state index in [-0.39, 0.29) is 17.9 Å². The van der Waals surface area contributed by atoms with Gasteiger partial charge in [-0.05, 0) is 38.1 Å². The van der Waals surface area contributed by atoms with E-state index in [0.717, 1.165) is 16.9 Å². The van der Waals surface area contributed by atoms with Gasteiger partial charge in [0.05, 0.1) is 11.4 Å². The second kappa shape index (κ2) is 6.75. The molecule has 0 radical (unpaired) electrons. The Kier molecular flexibility index (Phi) is 4.25. The lowest BCUT2D eigenvalue weighted by Gasteiger charge is -2.21. The fourth-order valence-corrected chi connectivity index (χ4v) is 2.93. The molecule has 0 bridgehead atoms. The molecular weight excluding hydrogens is 356 g/mol. The first-order valence-corrected chi connectivity index (χ1v) is 8.61. The van der Waals surface area contributed by atoms with Crippen LogP contribution in [0.25, 0.3) is 0 Å². The zero-order chi connectivity index (χ0) is 19.7. The summed E-state index contributed by atoms with van der Waals surface area (Å²) in [7, 11) is 0. The van der Waals surface area contributed by atoms with Crippen LogP contribution in [-0.2, 0) is 5.60 Å². The summed E-state index contributed by atoms with van der Waals surface area (Å²) in [5, 5.41) is 13.9. The first kappa shape index (κ1) is 17.6. The Morgan fingerprint density at radius 1 is 1.21 bits per heavy atom. The van der Waals surface area contributed by atoms with E-state index in [1.165, 1.54) is 6.33 Å². The summed E-state index contributed by atoms with van der Waals surface area (Å²) in [6.07, 6.45) is 4.45. The monoisotopic (exact) mass is 374 g/mol. The number of nitrogens with two attached hydrogens (primary N) is 1. The van der Waals surface area contributed by atoms with Crippen LogP contribution in [0.3, 0.4) is 0 Å². The summed E-state index contributed by atoms with van der Waals surface area (Å²) in [4.78, 5) is 22.3. The van der Waals surface area contributed by atoms with E-state index in [1.54, 1.807) is 25.4 Å². The highest BCUT2D eigenvalue weighted by Crippen LogP contribution is 2.38. The third-order valence-electron chi connectivity index (χ3n) is 4.25. The predicted molar refractivity (Wildman–Crippen MR) is 104 cm³/mol. The van der Waals surface area contributed by atoms with Crippen LogP contribution in [0.2, 0.25) is 0 Å². The lowest BCUT2D eigenvalue weighted by molar-refractivity contribution is 0.112. The molecule has 0 aliphatic carbocycles. The highest BCUT2D eigenvalue weighted by molar-refractivity contribution is 5.81. The van der Waals surface area contributed by atoms with Gasteiger partial charge in [-0.1, -0.05) is 11.8 Å². The predicted octanol–water partition coefficient (Wildman–Crippen LogP) is 1.41. The maximum absolute atomic E-state index is 10.6. The molecule has 0 saturated carbocycles. The number of hydrogen-bond donors (Lipinski definition) is 3. The van der Waals surface area contributed by atoms with Gasteiger partial charge in [0.2, 0.25) is 11.9 Å². The van der Waals surface area contributed by atoms with Crippen molar-refractivity contribution in [2.45, 2.75) is 25.6 Å². The van der Waals surface area contributed by atoms with Crippen molar-refractivity contribution in [3.05, 3.63) is 54.4 Å². The largest absolute Gasteiger partial charge is 0.371 e. The van der Waals surface area contributed by atoms with Crippen LogP contribution in [0.15, 0.2) is 43.0 Å². The molecule has 2 aromatic heterocycles. The number of hydrogen-bond acceptors (Lipinski definition) is 9. The average Bonchev–Trinajstić information content (AvgIpc) is 3.02. The molecule has 3 aromatic rings. The maximum atomic E-state index is 10.6. The van der Waals surface area contributed by atoms with Gasteiger partial charge in [0.15, 0.2) is 11.4 Å². The Labute approximate surface area is 161 Å². The molecular formula is C19H18N8O. The van der Waals surface area contributed by atoms with Crippen LogP contribution in [0.5, 0.6) is 0 Å². The Morgan fingerprint density at radius 3 is 2.75 bits per heavy atom. The summed E-state index contributed by atoms with van der Waals surface area (Å²) in [5.41, 5.74) is 6.74.